The molecule has 0 aliphatic carbocycles. The Morgan fingerprint density at radius 2 is 1.13 bits per heavy atom. The van der Waals surface area contributed by atoms with E-state index >= 15 is 0 Å². The van der Waals surface area contributed by atoms with Gasteiger partial charge in [-0.15, -0.1) is 0 Å². The lowest BCUT2D eigenvalue weighted by atomic mass is 9.85. The summed E-state index contributed by atoms with van der Waals surface area (Å²) in [6.45, 7) is 7.77. The number of hydrogen-bond acceptors (Lipinski definition) is 3. The molecule has 0 rings (SSSR count). The predicted octanol–water partition coefficient (Wildman–Crippen LogP) is 7.52. The Bertz CT molecular complexity index is 476. The van der Waals surface area contributed by atoms with Crippen LogP contribution in [0, 0.1) is 11.3 Å². The van der Waals surface area contributed by atoms with Crippen LogP contribution in [0.15, 0.2) is 0 Å². The molecular formula is C26H48O4. The Labute approximate surface area is 185 Å². The number of carbonyl (C=O) groups is 3. The Kier molecular flexibility index (Phi) is 16.8. The summed E-state index contributed by atoms with van der Waals surface area (Å²) in [5.41, 5.74) is -0.457. The summed E-state index contributed by atoms with van der Waals surface area (Å²) in [4.78, 5) is 35.6. The molecule has 176 valence electrons. The van der Waals surface area contributed by atoms with E-state index in [-0.39, 0.29) is 30.8 Å². The molecule has 1 N–H and O–H groups in total. The summed E-state index contributed by atoms with van der Waals surface area (Å²) in [7, 11) is 0. The molecule has 1 atom stereocenters. The van der Waals surface area contributed by atoms with Crippen LogP contribution >= 0.6 is 0 Å². The molecule has 0 bridgehead atoms. The lowest BCUT2D eigenvalue weighted by molar-refractivity contribution is -0.144. The van der Waals surface area contributed by atoms with Crippen LogP contribution in [-0.4, -0.2) is 22.6 Å². The molecule has 0 fully saturated rings. The van der Waals surface area contributed by atoms with E-state index in [1.807, 2.05) is 20.8 Å². The van der Waals surface area contributed by atoms with Gasteiger partial charge in [-0.05, 0) is 12.8 Å². The number of aliphatic carboxylic acids is 1. The van der Waals surface area contributed by atoms with Crippen molar-refractivity contribution in [3.8, 4) is 0 Å². The molecular weight excluding hydrogens is 376 g/mol. The first kappa shape index (κ1) is 28.8. The second kappa shape index (κ2) is 17.5. The quantitative estimate of drug-likeness (QED) is 0.205. The smallest absolute Gasteiger partial charge is 0.306 e. The highest BCUT2D eigenvalue weighted by Crippen LogP contribution is 2.22. The van der Waals surface area contributed by atoms with E-state index in [0.717, 1.165) is 19.3 Å². The molecule has 4 nitrogen and oxygen atoms in total. The van der Waals surface area contributed by atoms with Crippen LogP contribution in [0.1, 0.15) is 137 Å². The summed E-state index contributed by atoms with van der Waals surface area (Å²) in [5.74, 6) is -1.62. The Morgan fingerprint density at radius 3 is 1.53 bits per heavy atom. The lowest BCUT2D eigenvalue weighted by Gasteiger charge is -2.18. The molecule has 0 saturated heterocycles. The summed E-state index contributed by atoms with van der Waals surface area (Å²) >= 11 is 0. The highest BCUT2D eigenvalue weighted by Gasteiger charge is 2.26. The lowest BCUT2D eigenvalue weighted by Crippen LogP contribution is -2.24. The monoisotopic (exact) mass is 424 g/mol. The molecule has 0 radical (unpaired) electrons. The van der Waals surface area contributed by atoms with Gasteiger partial charge >= 0.3 is 5.97 Å². The predicted molar refractivity (Wildman–Crippen MR) is 125 cm³/mol. The second-order valence-electron chi connectivity index (χ2n) is 9.98. The molecule has 4 heteroatoms. The van der Waals surface area contributed by atoms with Gasteiger partial charge in [0.1, 0.15) is 11.6 Å². The van der Waals surface area contributed by atoms with Crippen LogP contribution in [0.5, 0.6) is 0 Å². The maximum absolute atomic E-state index is 12.2. The molecule has 0 heterocycles. The summed E-state index contributed by atoms with van der Waals surface area (Å²) in [6.07, 6.45) is 17.5. The number of Topliss-reactive ketones (excluding diaryl/α,β-unsaturated/α-hetero) is 2. The van der Waals surface area contributed by atoms with Crippen molar-refractivity contribution in [2.45, 2.75) is 137 Å². The third kappa shape index (κ3) is 16.6. The molecule has 1 unspecified atom stereocenters. The summed E-state index contributed by atoms with van der Waals surface area (Å²) in [6, 6.07) is 0. The number of ketones is 2. The first-order valence-electron chi connectivity index (χ1n) is 12.5. The number of carboxylic acid groups (broad SMARTS) is 1. The third-order valence-electron chi connectivity index (χ3n) is 5.94. The van der Waals surface area contributed by atoms with Gasteiger partial charge in [-0.2, -0.15) is 0 Å². The maximum Gasteiger partial charge on any atom is 0.306 e. The summed E-state index contributed by atoms with van der Waals surface area (Å²) in [5, 5.41) is 9.36. The van der Waals surface area contributed by atoms with Crippen molar-refractivity contribution in [3.05, 3.63) is 0 Å². The average Bonchev–Trinajstić information content (AvgIpc) is 2.67. The van der Waals surface area contributed by atoms with E-state index < -0.39 is 17.3 Å². The zero-order valence-electron chi connectivity index (χ0n) is 20.3. The van der Waals surface area contributed by atoms with Crippen molar-refractivity contribution < 1.29 is 19.5 Å². The van der Waals surface area contributed by atoms with Crippen LogP contribution in [-0.2, 0) is 14.4 Å². The number of unbranched alkanes of at least 4 members (excludes halogenated alkanes) is 12. The molecule has 30 heavy (non-hydrogen) atoms. The van der Waals surface area contributed by atoms with Gasteiger partial charge < -0.3 is 5.11 Å². The van der Waals surface area contributed by atoms with Crippen molar-refractivity contribution in [1.29, 1.82) is 0 Å². The van der Waals surface area contributed by atoms with E-state index in [9.17, 15) is 19.5 Å². The van der Waals surface area contributed by atoms with Gasteiger partial charge in [-0.25, -0.2) is 0 Å². The van der Waals surface area contributed by atoms with E-state index in [4.69, 9.17) is 0 Å². The Morgan fingerprint density at radius 1 is 0.700 bits per heavy atom. The van der Waals surface area contributed by atoms with Crippen molar-refractivity contribution in [1.82, 2.24) is 0 Å². The van der Waals surface area contributed by atoms with Crippen LogP contribution < -0.4 is 0 Å². The van der Waals surface area contributed by atoms with E-state index in [2.05, 4.69) is 6.92 Å². The largest absolute Gasteiger partial charge is 0.481 e. The highest BCUT2D eigenvalue weighted by atomic mass is 16.4. The molecule has 0 aliphatic heterocycles. The highest BCUT2D eigenvalue weighted by molar-refractivity contribution is 5.86. The van der Waals surface area contributed by atoms with Gasteiger partial charge in [-0.3, -0.25) is 14.4 Å². The maximum atomic E-state index is 12.2. The minimum absolute atomic E-state index is 0.0219. The topological polar surface area (TPSA) is 71.4 Å². The first-order valence-corrected chi connectivity index (χ1v) is 12.5. The minimum Gasteiger partial charge on any atom is -0.481 e. The molecule has 0 aliphatic rings. The van der Waals surface area contributed by atoms with Gasteiger partial charge in [0.15, 0.2) is 0 Å². The van der Waals surface area contributed by atoms with Gasteiger partial charge in [0.25, 0.3) is 0 Å². The van der Waals surface area contributed by atoms with Crippen molar-refractivity contribution in [2.24, 2.45) is 11.3 Å². The minimum atomic E-state index is -0.963. The standard InChI is InChI=1S/C26H48O4/c1-5-6-7-8-9-10-11-12-13-14-15-16-17-18-23(27)21-22(25(29)30)19-20-24(28)26(2,3)4/h22H,5-21H2,1-4H3,(H,29,30). The molecule has 0 amide bonds. The van der Waals surface area contributed by atoms with Crippen LogP contribution in [0.4, 0.5) is 0 Å². The number of carboxylic acids is 1. The third-order valence-corrected chi connectivity index (χ3v) is 5.94. The number of hydrogen-bond donors (Lipinski definition) is 1. The van der Waals surface area contributed by atoms with Gasteiger partial charge in [0.05, 0.1) is 5.92 Å². The number of carbonyl (C=O) groups excluding carboxylic acids is 2. The van der Waals surface area contributed by atoms with E-state index in [1.54, 1.807) is 0 Å². The summed E-state index contributed by atoms with van der Waals surface area (Å²) < 4.78 is 0. The van der Waals surface area contributed by atoms with E-state index in [1.165, 1.54) is 64.2 Å². The van der Waals surface area contributed by atoms with Crippen LogP contribution in [0.25, 0.3) is 0 Å². The zero-order valence-corrected chi connectivity index (χ0v) is 20.3. The Hall–Kier alpha value is -1.19. The first-order chi connectivity index (χ1) is 14.2. The molecule has 0 aromatic heterocycles. The van der Waals surface area contributed by atoms with Crippen molar-refractivity contribution in [3.63, 3.8) is 0 Å². The fraction of sp³-hybridized carbons (Fsp3) is 0.885. The van der Waals surface area contributed by atoms with Gasteiger partial charge in [0.2, 0.25) is 0 Å². The van der Waals surface area contributed by atoms with Crippen molar-refractivity contribution in [2.75, 3.05) is 0 Å². The number of rotatable bonds is 20. The van der Waals surface area contributed by atoms with Gasteiger partial charge in [-0.1, -0.05) is 105 Å². The van der Waals surface area contributed by atoms with E-state index in [0.29, 0.717) is 6.42 Å². The van der Waals surface area contributed by atoms with Crippen LogP contribution in [0.2, 0.25) is 0 Å². The van der Waals surface area contributed by atoms with Crippen LogP contribution in [0.3, 0.4) is 0 Å². The second-order valence-corrected chi connectivity index (χ2v) is 9.98. The fourth-order valence-corrected chi connectivity index (χ4v) is 3.71. The molecule has 0 saturated carbocycles. The Balaban J connectivity index is 3.72. The molecule has 0 aromatic rings. The molecule has 0 spiro atoms. The van der Waals surface area contributed by atoms with Gasteiger partial charge in [0, 0.05) is 24.7 Å². The zero-order chi connectivity index (χ0) is 22.8. The molecule has 0 aromatic carbocycles. The normalized spacial score (nSPS) is 12.7. The fourth-order valence-electron chi connectivity index (χ4n) is 3.71. The van der Waals surface area contributed by atoms with Crippen molar-refractivity contribution >= 4 is 17.5 Å². The average molecular weight is 425 g/mol. The SMILES string of the molecule is CCCCCCCCCCCCCCCC(=O)CC(CCC(=O)C(C)(C)C)C(=O)O.